The van der Waals surface area contributed by atoms with Crippen LogP contribution in [0.3, 0.4) is 0 Å². The Labute approximate surface area is 276 Å². The molecule has 0 unspecified atom stereocenters. The van der Waals surface area contributed by atoms with Gasteiger partial charge in [-0.3, -0.25) is 0 Å². The minimum absolute atomic E-state index is 0.0171. The Balaban J connectivity index is 1.21. The molecule has 2 saturated carbocycles. The van der Waals surface area contributed by atoms with Crippen molar-refractivity contribution < 1.29 is 54.1 Å². The first-order valence-corrected chi connectivity index (χ1v) is 17.1. The van der Waals surface area contributed by atoms with Crippen molar-refractivity contribution in [3.05, 3.63) is 29.3 Å². The number of phenols is 1. The van der Waals surface area contributed by atoms with Crippen LogP contribution in [-0.4, -0.2) is 71.0 Å². The second-order valence-electron chi connectivity index (χ2n) is 15.2. The number of alkyl halides is 10. The molecule has 3 aliphatic carbocycles. The molecule has 3 aliphatic rings. The minimum Gasteiger partial charge on any atom is -0.508 e. The zero-order chi connectivity index (χ0) is 35.9. The summed E-state index contributed by atoms with van der Waals surface area (Å²) in [5.41, 5.74) is 0.544. The summed E-state index contributed by atoms with van der Waals surface area (Å²) in [6, 6.07) is 5.25. The van der Waals surface area contributed by atoms with Crippen molar-refractivity contribution in [2.45, 2.75) is 139 Å². The molecule has 1 aromatic carbocycles. The third-order valence-electron chi connectivity index (χ3n) is 12.0. The summed E-state index contributed by atoms with van der Waals surface area (Å²) in [6.07, 6.45) is -3.30. The Kier molecular flexibility index (Phi) is 11.5. The van der Waals surface area contributed by atoms with Gasteiger partial charge in [0, 0.05) is 17.8 Å². The predicted octanol–water partition coefficient (Wildman–Crippen LogP) is 10.1. The van der Waals surface area contributed by atoms with Crippen LogP contribution in [0.5, 0.6) is 5.75 Å². The number of fused-ring (bicyclic) bond motifs is 5. The van der Waals surface area contributed by atoms with Crippen molar-refractivity contribution >= 4 is 0 Å². The molecule has 48 heavy (non-hydrogen) atoms. The summed E-state index contributed by atoms with van der Waals surface area (Å²) < 4.78 is 133. The lowest BCUT2D eigenvalue weighted by Crippen LogP contribution is -2.60. The second kappa shape index (κ2) is 14.1. The molecule has 13 heteroatoms. The van der Waals surface area contributed by atoms with E-state index < -0.39 is 54.0 Å². The summed E-state index contributed by atoms with van der Waals surface area (Å²) in [5, 5.41) is 21.4. The van der Waals surface area contributed by atoms with Gasteiger partial charge in [-0.25, -0.2) is 4.39 Å². The lowest BCUT2D eigenvalue weighted by Gasteiger charge is -2.56. The Morgan fingerprint density at radius 1 is 0.854 bits per heavy atom. The molecular formula is C35H49F10NO2. The SMILES string of the molecule is CN(CCCCCCC(F)(F)C(F)(F)C(F)(F)C(F)(F)F)CCCCC[C@@H]1Cc2cc(O)ccc2[C@@H]2[C@@H]1[C@@H]1CC[C@](C)(O)[C@@]1(C)C[C@@H]2F. The molecule has 3 nitrogen and oxygen atoms in total. The van der Waals surface area contributed by atoms with Gasteiger partial charge in [0.05, 0.1) is 5.60 Å². The molecule has 0 aromatic heterocycles. The lowest BCUT2D eigenvalue weighted by atomic mass is 9.50. The number of nitrogens with zero attached hydrogens (tertiary/aromatic N) is 1. The summed E-state index contributed by atoms with van der Waals surface area (Å²) in [7, 11) is 1.87. The normalized spacial score (nSPS) is 31.1. The molecule has 0 aliphatic heterocycles. The van der Waals surface area contributed by atoms with Crippen LogP contribution in [0.15, 0.2) is 18.2 Å². The molecular weight excluding hydrogens is 656 g/mol. The number of phenolic OH excluding ortho intramolecular Hbond substituents is 1. The van der Waals surface area contributed by atoms with E-state index in [9.17, 15) is 49.7 Å². The third kappa shape index (κ3) is 7.33. The molecule has 0 bridgehead atoms. The molecule has 1 aromatic rings. The van der Waals surface area contributed by atoms with E-state index >= 15 is 4.39 Å². The van der Waals surface area contributed by atoms with Gasteiger partial charge in [-0.05, 0) is 119 Å². The van der Waals surface area contributed by atoms with E-state index in [0.29, 0.717) is 32.2 Å². The van der Waals surface area contributed by atoms with Gasteiger partial charge in [0.25, 0.3) is 0 Å². The maximum atomic E-state index is 16.1. The lowest BCUT2D eigenvalue weighted by molar-refractivity contribution is -0.396. The van der Waals surface area contributed by atoms with Crippen LogP contribution in [0, 0.1) is 23.2 Å². The van der Waals surface area contributed by atoms with Gasteiger partial charge < -0.3 is 15.1 Å². The van der Waals surface area contributed by atoms with Crippen molar-refractivity contribution in [3.8, 4) is 5.75 Å². The highest BCUT2D eigenvalue weighted by Crippen LogP contribution is 2.66. The Morgan fingerprint density at radius 2 is 1.46 bits per heavy atom. The van der Waals surface area contributed by atoms with E-state index in [1.165, 1.54) is 0 Å². The monoisotopic (exact) mass is 705 g/mol. The van der Waals surface area contributed by atoms with E-state index in [2.05, 4.69) is 0 Å². The number of hydrogen-bond donors (Lipinski definition) is 2. The van der Waals surface area contributed by atoms with E-state index in [0.717, 1.165) is 56.2 Å². The van der Waals surface area contributed by atoms with Crippen LogP contribution in [0.25, 0.3) is 0 Å². The first kappa shape index (κ1) is 39.0. The molecule has 0 spiro atoms. The summed E-state index contributed by atoms with van der Waals surface area (Å²) in [5.74, 6) is -18.5. The van der Waals surface area contributed by atoms with Crippen LogP contribution in [0.2, 0.25) is 0 Å². The summed E-state index contributed by atoms with van der Waals surface area (Å²) in [4.78, 5) is 2.03. The molecule has 4 rings (SSSR count). The number of benzene rings is 1. The average Bonchev–Trinajstić information content (AvgIpc) is 3.21. The fourth-order valence-corrected chi connectivity index (χ4v) is 9.01. The van der Waals surface area contributed by atoms with Crippen molar-refractivity contribution in [2.24, 2.45) is 23.2 Å². The van der Waals surface area contributed by atoms with E-state index in [1.807, 2.05) is 31.9 Å². The molecule has 276 valence electrons. The first-order chi connectivity index (χ1) is 22.1. The van der Waals surface area contributed by atoms with Crippen LogP contribution in [0.1, 0.15) is 108 Å². The number of rotatable bonds is 15. The van der Waals surface area contributed by atoms with Gasteiger partial charge >= 0.3 is 23.9 Å². The second-order valence-corrected chi connectivity index (χ2v) is 15.2. The predicted molar refractivity (Wildman–Crippen MR) is 162 cm³/mol. The number of hydrogen-bond acceptors (Lipinski definition) is 3. The Morgan fingerprint density at radius 3 is 2.08 bits per heavy atom. The molecule has 0 heterocycles. The quantitative estimate of drug-likeness (QED) is 0.141. The first-order valence-electron chi connectivity index (χ1n) is 17.1. The molecule has 2 N–H and O–H groups in total. The highest BCUT2D eigenvalue weighted by Gasteiger charge is 2.81. The summed E-state index contributed by atoms with van der Waals surface area (Å²) >= 11 is 0. The number of unbranched alkanes of at least 4 members (excludes halogenated alkanes) is 5. The highest BCUT2D eigenvalue weighted by molar-refractivity contribution is 5.41. The topological polar surface area (TPSA) is 43.7 Å². The van der Waals surface area contributed by atoms with Crippen molar-refractivity contribution in [2.75, 3.05) is 20.1 Å². The minimum atomic E-state index is -6.84. The van der Waals surface area contributed by atoms with Crippen molar-refractivity contribution in [1.29, 1.82) is 0 Å². The van der Waals surface area contributed by atoms with E-state index in [4.69, 9.17) is 0 Å². The van der Waals surface area contributed by atoms with Gasteiger partial charge in [0.1, 0.15) is 11.9 Å². The number of aromatic hydroxyl groups is 1. The molecule has 0 radical (unpaired) electrons. The molecule has 0 saturated heterocycles. The van der Waals surface area contributed by atoms with Crippen molar-refractivity contribution in [1.82, 2.24) is 4.90 Å². The van der Waals surface area contributed by atoms with E-state index in [-0.39, 0.29) is 35.8 Å². The maximum Gasteiger partial charge on any atom is 0.460 e. The smallest absolute Gasteiger partial charge is 0.460 e. The highest BCUT2D eigenvalue weighted by atomic mass is 19.4. The number of aliphatic hydroxyl groups is 1. The molecule has 2 fully saturated rings. The molecule has 7 atom stereocenters. The summed E-state index contributed by atoms with van der Waals surface area (Å²) in [6.45, 7) is 5.19. The Hall–Kier alpha value is -1.76. The number of halogens is 10. The van der Waals surface area contributed by atoms with Crippen LogP contribution in [0.4, 0.5) is 43.9 Å². The zero-order valence-corrected chi connectivity index (χ0v) is 27.8. The zero-order valence-electron chi connectivity index (χ0n) is 27.8. The van der Waals surface area contributed by atoms with Gasteiger partial charge in [-0.15, -0.1) is 0 Å². The van der Waals surface area contributed by atoms with Crippen LogP contribution < -0.4 is 0 Å². The Bertz CT molecular complexity index is 1240. The fourth-order valence-electron chi connectivity index (χ4n) is 9.01. The van der Waals surface area contributed by atoms with E-state index in [1.54, 1.807) is 12.1 Å². The van der Waals surface area contributed by atoms with Crippen molar-refractivity contribution in [3.63, 3.8) is 0 Å². The average molecular weight is 706 g/mol. The third-order valence-corrected chi connectivity index (χ3v) is 12.0. The fraction of sp³-hybridized carbons (Fsp3) is 0.829. The molecule has 0 amide bonds. The maximum absolute atomic E-state index is 16.1. The standard InChI is InChI=1S/C35H49F10NO2/c1-30-21-27(36)29-25-13-12-24(47)20-23(25)19-22(28(29)26(30)14-16-31(30,2)48)11-7-6-10-18-46(3)17-9-5-4-8-15-32(37,38)33(39,40)34(41,42)35(43,44)45/h12-13,20,22,26-29,47-48H,4-11,14-19,21H2,1-3H3/t22-,26+,27+,28+,29+,30+,31+/m1/s1. The van der Waals surface area contributed by atoms with Gasteiger partial charge in [-0.1, -0.05) is 38.7 Å². The van der Waals surface area contributed by atoms with Gasteiger partial charge in [-0.2, -0.15) is 39.5 Å². The largest absolute Gasteiger partial charge is 0.508 e. The van der Waals surface area contributed by atoms with Gasteiger partial charge in [0.2, 0.25) is 0 Å². The van der Waals surface area contributed by atoms with Crippen LogP contribution >= 0.6 is 0 Å². The van der Waals surface area contributed by atoms with Gasteiger partial charge in [0.15, 0.2) is 0 Å². The van der Waals surface area contributed by atoms with Crippen LogP contribution in [-0.2, 0) is 6.42 Å².